The highest BCUT2D eigenvalue weighted by Gasteiger charge is 2.32. The molecule has 0 aliphatic carbocycles. The normalized spacial score (nSPS) is 16.4. The van der Waals surface area contributed by atoms with Crippen LogP contribution in [0.15, 0.2) is 55.0 Å². The monoisotopic (exact) mass is 453 g/mol. The maximum absolute atomic E-state index is 12.6. The number of nitrogens with one attached hydrogen (secondary N) is 2. The zero-order valence-electron chi connectivity index (χ0n) is 16.1. The highest BCUT2D eigenvalue weighted by Crippen LogP contribution is 2.27. The molecule has 1 aromatic carbocycles. The Hall–Kier alpha value is -2.95. The predicted molar refractivity (Wildman–Crippen MR) is 110 cm³/mol. The Morgan fingerprint density at radius 1 is 1.16 bits per heavy atom. The van der Waals surface area contributed by atoms with Gasteiger partial charge in [-0.05, 0) is 29.8 Å². The van der Waals surface area contributed by atoms with Gasteiger partial charge in [0, 0.05) is 25.0 Å². The van der Waals surface area contributed by atoms with E-state index in [1.54, 1.807) is 12.1 Å². The van der Waals surface area contributed by atoms with Gasteiger partial charge in [-0.15, -0.1) is 12.4 Å². The van der Waals surface area contributed by atoms with E-state index in [-0.39, 0.29) is 30.0 Å². The van der Waals surface area contributed by atoms with Crippen molar-refractivity contribution < 1.29 is 22.7 Å². The van der Waals surface area contributed by atoms with E-state index in [4.69, 9.17) is 4.74 Å². The number of hydrogen-bond donors (Lipinski definition) is 2. The molecule has 164 valence electrons. The molecule has 1 aliphatic rings. The summed E-state index contributed by atoms with van der Waals surface area (Å²) in [6.45, 7) is 2.23. The van der Waals surface area contributed by atoms with Crippen LogP contribution in [0.5, 0.6) is 0 Å². The van der Waals surface area contributed by atoms with Crippen molar-refractivity contribution in [3.05, 3.63) is 71.8 Å². The second-order valence-electron chi connectivity index (χ2n) is 6.71. The number of aromatic nitrogens is 3. The molecular weight excluding hydrogens is 435 g/mol. The van der Waals surface area contributed by atoms with Crippen LogP contribution in [0.1, 0.15) is 27.7 Å². The quantitative estimate of drug-likeness (QED) is 0.630. The Balaban J connectivity index is 0.00000272. The molecule has 2 N–H and O–H groups in total. The van der Waals surface area contributed by atoms with E-state index in [9.17, 15) is 18.0 Å². The predicted octanol–water partition coefficient (Wildman–Crippen LogP) is 3.62. The SMILES string of the molecule is Cl.O=C(Nc1ccc(C2CNCCO2)cc1)c1cnn(-c2ccc(C(F)(F)F)nc2)c1. The maximum atomic E-state index is 12.6. The summed E-state index contributed by atoms with van der Waals surface area (Å²) in [6.07, 6.45) is -0.709. The van der Waals surface area contributed by atoms with Gasteiger partial charge in [-0.2, -0.15) is 18.3 Å². The molecule has 0 spiro atoms. The number of nitrogens with zero attached hydrogens (tertiary/aromatic N) is 3. The second-order valence-corrected chi connectivity index (χ2v) is 6.71. The number of rotatable bonds is 4. The molecule has 1 atom stereocenters. The lowest BCUT2D eigenvalue weighted by atomic mass is 10.1. The first-order valence-corrected chi connectivity index (χ1v) is 9.22. The summed E-state index contributed by atoms with van der Waals surface area (Å²) in [4.78, 5) is 15.9. The summed E-state index contributed by atoms with van der Waals surface area (Å²) in [7, 11) is 0. The molecule has 7 nitrogen and oxygen atoms in total. The largest absolute Gasteiger partial charge is 0.433 e. The van der Waals surface area contributed by atoms with Crippen molar-refractivity contribution in [2.24, 2.45) is 0 Å². The minimum Gasteiger partial charge on any atom is -0.371 e. The number of anilines is 1. The first-order chi connectivity index (χ1) is 14.4. The molecule has 11 heteroatoms. The van der Waals surface area contributed by atoms with Crippen LogP contribution in [0.25, 0.3) is 5.69 Å². The first kappa shape index (κ1) is 22.7. The van der Waals surface area contributed by atoms with E-state index in [2.05, 4.69) is 20.7 Å². The van der Waals surface area contributed by atoms with Crippen LogP contribution in [0.3, 0.4) is 0 Å². The van der Waals surface area contributed by atoms with E-state index in [1.807, 2.05) is 12.1 Å². The van der Waals surface area contributed by atoms with E-state index < -0.39 is 11.9 Å². The number of amides is 1. The number of halogens is 4. The second kappa shape index (κ2) is 9.46. The van der Waals surface area contributed by atoms with Crippen LogP contribution in [0.2, 0.25) is 0 Å². The van der Waals surface area contributed by atoms with Crippen molar-refractivity contribution in [3.63, 3.8) is 0 Å². The van der Waals surface area contributed by atoms with Crippen molar-refractivity contribution >= 4 is 24.0 Å². The van der Waals surface area contributed by atoms with Gasteiger partial charge in [0.2, 0.25) is 0 Å². The molecule has 2 aromatic heterocycles. The van der Waals surface area contributed by atoms with Gasteiger partial charge in [0.25, 0.3) is 5.91 Å². The third-order valence-corrected chi connectivity index (χ3v) is 4.62. The van der Waals surface area contributed by atoms with Crippen molar-refractivity contribution in [2.75, 3.05) is 25.0 Å². The Labute approximate surface area is 182 Å². The minimum absolute atomic E-state index is 0. The van der Waals surface area contributed by atoms with Gasteiger partial charge in [0.05, 0.1) is 36.4 Å². The molecule has 1 unspecified atom stereocenters. The van der Waals surface area contributed by atoms with E-state index in [1.165, 1.54) is 23.1 Å². The molecule has 31 heavy (non-hydrogen) atoms. The highest BCUT2D eigenvalue weighted by molar-refractivity contribution is 6.04. The molecule has 1 aliphatic heterocycles. The van der Waals surface area contributed by atoms with Crippen molar-refractivity contribution in [2.45, 2.75) is 12.3 Å². The summed E-state index contributed by atoms with van der Waals surface area (Å²) >= 11 is 0. The minimum atomic E-state index is -4.51. The Morgan fingerprint density at radius 3 is 2.55 bits per heavy atom. The zero-order chi connectivity index (χ0) is 21.1. The lowest BCUT2D eigenvalue weighted by Gasteiger charge is -2.24. The maximum Gasteiger partial charge on any atom is 0.433 e. The molecule has 0 bridgehead atoms. The molecule has 3 heterocycles. The topological polar surface area (TPSA) is 81.1 Å². The summed E-state index contributed by atoms with van der Waals surface area (Å²) in [6, 6.07) is 9.47. The lowest BCUT2D eigenvalue weighted by molar-refractivity contribution is -0.141. The number of pyridine rings is 1. The van der Waals surface area contributed by atoms with Crippen LogP contribution >= 0.6 is 12.4 Å². The number of morpholine rings is 1. The molecule has 1 fully saturated rings. The summed E-state index contributed by atoms with van der Waals surface area (Å²) < 4.78 is 44.9. The van der Waals surface area contributed by atoms with E-state index in [0.717, 1.165) is 30.9 Å². The van der Waals surface area contributed by atoms with Gasteiger partial charge < -0.3 is 15.4 Å². The fraction of sp³-hybridized carbons (Fsp3) is 0.250. The van der Waals surface area contributed by atoms with E-state index in [0.29, 0.717) is 18.0 Å². The molecular formula is C20H19ClF3N5O2. The highest BCUT2D eigenvalue weighted by atomic mass is 35.5. The van der Waals surface area contributed by atoms with Crippen LogP contribution in [-0.4, -0.2) is 40.4 Å². The fourth-order valence-corrected chi connectivity index (χ4v) is 3.03. The number of alkyl halides is 3. The van der Waals surface area contributed by atoms with Crippen LogP contribution in [0.4, 0.5) is 18.9 Å². The third kappa shape index (κ3) is 5.40. The number of carbonyl (C=O) groups excluding carboxylic acids is 1. The number of ether oxygens (including phenoxy) is 1. The number of carbonyl (C=O) groups is 1. The fourth-order valence-electron chi connectivity index (χ4n) is 3.03. The Morgan fingerprint density at radius 2 is 1.94 bits per heavy atom. The average Bonchev–Trinajstić information content (AvgIpc) is 3.25. The smallest absolute Gasteiger partial charge is 0.371 e. The van der Waals surface area contributed by atoms with E-state index >= 15 is 0 Å². The lowest BCUT2D eigenvalue weighted by Crippen LogP contribution is -2.33. The molecule has 0 radical (unpaired) electrons. The standard InChI is InChI=1S/C20H18F3N5O2.ClH/c21-20(22,23)18-6-5-16(10-25-18)28-12-14(9-26-28)19(29)27-15-3-1-13(2-4-15)17-11-24-7-8-30-17;/h1-6,9-10,12,17,24H,7-8,11H2,(H,27,29);1H. The summed E-state index contributed by atoms with van der Waals surface area (Å²) in [5, 5.41) is 10.1. The Bertz CT molecular complexity index is 1020. The molecule has 0 saturated carbocycles. The number of benzene rings is 1. The first-order valence-electron chi connectivity index (χ1n) is 9.22. The third-order valence-electron chi connectivity index (χ3n) is 4.62. The Kier molecular flexibility index (Phi) is 6.94. The van der Waals surface area contributed by atoms with Crippen LogP contribution in [-0.2, 0) is 10.9 Å². The molecule has 1 amide bonds. The van der Waals surface area contributed by atoms with Gasteiger partial charge in [0.1, 0.15) is 5.69 Å². The summed E-state index contributed by atoms with van der Waals surface area (Å²) in [5.74, 6) is -0.385. The van der Waals surface area contributed by atoms with Gasteiger partial charge >= 0.3 is 6.18 Å². The van der Waals surface area contributed by atoms with Gasteiger partial charge in [-0.1, -0.05) is 12.1 Å². The number of hydrogen-bond acceptors (Lipinski definition) is 5. The molecule has 4 rings (SSSR count). The van der Waals surface area contributed by atoms with Crippen LogP contribution in [0, 0.1) is 0 Å². The van der Waals surface area contributed by atoms with Crippen molar-refractivity contribution in [1.29, 1.82) is 0 Å². The van der Waals surface area contributed by atoms with Crippen LogP contribution < -0.4 is 10.6 Å². The van der Waals surface area contributed by atoms with Gasteiger partial charge in [0.15, 0.2) is 0 Å². The molecule has 1 saturated heterocycles. The van der Waals surface area contributed by atoms with Crippen molar-refractivity contribution in [3.8, 4) is 5.69 Å². The van der Waals surface area contributed by atoms with Crippen molar-refractivity contribution in [1.82, 2.24) is 20.1 Å². The molecule has 3 aromatic rings. The average molecular weight is 454 g/mol. The van der Waals surface area contributed by atoms with Gasteiger partial charge in [-0.3, -0.25) is 4.79 Å². The zero-order valence-corrected chi connectivity index (χ0v) is 16.9. The van der Waals surface area contributed by atoms with Gasteiger partial charge in [-0.25, -0.2) is 9.67 Å². The summed E-state index contributed by atoms with van der Waals surface area (Å²) in [5.41, 5.74) is 1.21.